The highest BCUT2D eigenvalue weighted by Crippen LogP contribution is 2.15. The Balaban J connectivity index is 1.73. The van der Waals surface area contributed by atoms with Gasteiger partial charge in [0.05, 0.1) is 11.0 Å². The van der Waals surface area contributed by atoms with E-state index in [1.54, 1.807) is 0 Å². The predicted octanol–water partition coefficient (Wildman–Crippen LogP) is 3.44. The van der Waals surface area contributed by atoms with Crippen LogP contribution in [0.2, 0.25) is 0 Å². The first-order chi connectivity index (χ1) is 12.8. The molecule has 0 unspecified atom stereocenters. The lowest BCUT2D eigenvalue weighted by Crippen LogP contribution is -2.31. The lowest BCUT2D eigenvalue weighted by molar-refractivity contribution is -0.120. The topological polar surface area (TPSA) is 61.4 Å². The summed E-state index contributed by atoms with van der Waals surface area (Å²) in [5.41, 5.74) is 4.07. The zero-order valence-electron chi connectivity index (χ0n) is 16.3. The van der Waals surface area contributed by atoms with Crippen LogP contribution in [0.25, 0.3) is 0 Å². The second-order valence-corrected chi connectivity index (χ2v) is 7.98. The predicted molar refractivity (Wildman–Crippen MR) is 114 cm³/mol. The minimum atomic E-state index is -0.296. The average Bonchev–Trinajstić information content (AvgIpc) is 2.66. The lowest BCUT2D eigenvalue weighted by Gasteiger charge is -2.14. The number of rotatable bonds is 8. The van der Waals surface area contributed by atoms with Gasteiger partial charge in [0.25, 0.3) is 0 Å². The molecule has 0 saturated heterocycles. The van der Waals surface area contributed by atoms with Crippen LogP contribution in [-0.2, 0) is 16.1 Å². The van der Waals surface area contributed by atoms with Crippen LogP contribution >= 0.6 is 11.8 Å². The Hall–Kier alpha value is -2.47. The lowest BCUT2D eigenvalue weighted by atomic mass is 10.2. The van der Waals surface area contributed by atoms with Crippen molar-refractivity contribution in [3.63, 3.8) is 0 Å². The fourth-order valence-corrected chi connectivity index (χ4v) is 3.06. The van der Waals surface area contributed by atoms with Gasteiger partial charge in [-0.15, -0.1) is 11.8 Å². The molecular weight excluding hydrogens is 358 g/mol. The fourth-order valence-electron chi connectivity index (χ4n) is 2.36. The molecule has 0 heterocycles. The van der Waals surface area contributed by atoms with Gasteiger partial charge in [-0.05, 0) is 43.7 Å². The van der Waals surface area contributed by atoms with E-state index in [2.05, 4.69) is 10.6 Å². The molecule has 0 aliphatic rings. The second kappa shape index (κ2) is 10.0. The summed E-state index contributed by atoms with van der Waals surface area (Å²) >= 11 is 1.33. The van der Waals surface area contributed by atoms with Gasteiger partial charge in [-0.2, -0.15) is 0 Å². The molecule has 2 rings (SSSR count). The number of hydrogen-bond donors (Lipinski definition) is 2. The summed E-state index contributed by atoms with van der Waals surface area (Å²) in [5.74, 6) is 0.0580. The molecule has 2 N–H and O–H groups in total. The molecule has 0 radical (unpaired) electrons. The number of thioether (sulfide) groups is 1. The number of hydrogen-bond acceptors (Lipinski definition) is 4. The van der Waals surface area contributed by atoms with Crippen LogP contribution in [0.15, 0.2) is 48.5 Å². The summed E-state index contributed by atoms with van der Waals surface area (Å²) < 4.78 is 0. The van der Waals surface area contributed by atoms with Crippen molar-refractivity contribution >= 4 is 35.0 Å². The van der Waals surface area contributed by atoms with E-state index in [0.717, 1.165) is 22.5 Å². The zero-order valence-corrected chi connectivity index (χ0v) is 17.1. The summed E-state index contributed by atoms with van der Waals surface area (Å²) in [7, 11) is 3.98. The van der Waals surface area contributed by atoms with E-state index in [9.17, 15) is 9.59 Å². The Kier molecular flexibility index (Phi) is 7.73. The van der Waals surface area contributed by atoms with Gasteiger partial charge in [-0.1, -0.05) is 29.8 Å². The number of benzene rings is 2. The molecule has 5 nitrogen and oxygen atoms in total. The molecular formula is C21H27N3O2S. The van der Waals surface area contributed by atoms with Crippen molar-refractivity contribution < 1.29 is 9.59 Å². The molecule has 0 spiro atoms. The Morgan fingerprint density at radius 3 is 2.26 bits per heavy atom. The molecule has 0 aromatic heterocycles. The Labute approximate surface area is 165 Å². The number of nitrogens with zero attached hydrogens (tertiary/aromatic N) is 1. The molecule has 144 valence electrons. The monoisotopic (exact) mass is 385 g/mol. The van der Waals surface area contributed by atoms with Gasteiger partial charge < -0.3 is 15.5 Å². The third kappa shape index (κ3) is 6.98. The molecule has 1 atom stereocenters. The number of carbonyl (C=O) groups is 2. The highest BCUT2D eigenvalue weighted by molar-refractivity contribution is 8.01. The van der Waals surface area contributed by atoms with Crippen LogP contribution in [0.4, 0.5) is 11.4 Å². The van der Waals surface area contributed by atoms with Crippen molar-refractivity contribution in [2.45, 2.75) is 25.6 Å². The fraction of sp³-hybridized carbons (Fsp3) is 0.333. The van der Waals surface area contributed by atoms with Crippen molar-refractivity contribution in [2.24, 2.45) is 0 Å². The quantitative estimate of drug-likeness (QED) is 0.731. The van der Waals surface area contributed by atoms with E-state index < -0.39 is 0 Å². The van der Waals surface area contributed by atoms with E-state index in [4.69, 9.17) is 0 Å². The van der Waals surface area contributed by atoms with Gasteiger partial charge in [-0.25, -0.2) is 0 Å². The van der Waals surface area contributed by atoms with Crippen molar-refractivity contribution in [3.05, 3.63) is 59.7 Å². The zero-order chi connectivity index (χ0) is 19.8. The van der Waals surface area contributed by atoms with Gasteiger partial charge in [0.1, 0.15) is 0 Å². The van der Waals surface area contributed by atoms with Crippen LogP contribution in [0.5, 0.6) is 0 Å². The minimum Gasteiger partial charge on any atom is -0.378 e. The molecule has 0 fully saturated rings. The highest BCUT2D eigenvalue weighted by atomic mass is 32.2. The molecule has 27 heavy (non-hydrogen) atoms. The summed E-state index contributed by atoms with van der Waals surface area (Å²) in [4.78, 5) is 26.3. The standard InChI is InChI=1S/C21H27N3O2S/c1-15-5-9-18(10-6-15)23-20(25)14-27-16(2)21(26)22-13-17-7-11-19(12-8-17)24(3)4/h5-12,16H,13-14H2,1-4H3,(H,22,26)(H,23,25)/t16-/m1/s1. The van der Waals surface area contributed by atoms with Gasteiger partial charge in [0.15, 0.2) is 0 Å². The third-order valence-electron chi connectivity index (χ3n) is 4.09. The molecule has 6 heteroatoms. The molecule has 0 aliphatic carbocycles. The smallest absolute Gasteiger partial charge is 0.234 e. The van der Waals surface area contributed by atoms with E-state index in [1.807, 2.05) is 81.4 Å². The van der Waals surface area contributed by atoms with Crippen LogP contribution in [0, 0.1) is 6.92 Å². The Morgan fingerprint density at radius 2 is 1.67 bits per heavy atom. The van der Waals surface area contributed by atoms with E-state index >= 15 is 0 Å². The average molecular weight is 386 g/mol. The highest BCUT2D eigenvalue weighted by Gasteiger charge is 2.15. The number of anilines is 2. The Bertz CT molecular complexity index is 758. The van der Waals surface area contributed by atoms with E-state index in [-0.39, 0.29) is 22.8 Å². The second-order valence-electron chi connectivity index (χ2n) is 6.65. The minimum absolute atomic E-state index is 0.0696. The summed E-state index contributed by atoms with van der Waals surface area (Å²) in [6.07, 6.45) is 0. The van der Waals surface area contributed by atoms with Crippen molar-refractivity contribution in [3.8, 4) is 0 Å². The maximum atomic E-state index is 12.2. The number of amides is 2. The molecule has 0 aliphatic heterocycles. The first kappa shape index (κ1) is 20.8. The molecule has 2 aromatic rings. The van der Waals surface area contributed by atoms with E-state index in [1.165, 1.54) is 11.8 Å². The Morgan fingerprint density at radius 1 is 1.04 bits per heavy atom. The van der Waals surface area contributed by atoms with Crippen molar-refractivity contribution in [1.29, 1.82) is 0 Å². The summed E-state index contributed by atoms with van der Waals surface area (Å²) in [6.45, 7) is 4.29. The maximum Gasteiger partial charge on any atom is 0.234 e. The van der Waals surface area contributed by atoms with Crippen LogP contribution < -0.4 is 15.5 Å². The molecule has 0 bridgehead atoms. The van der Waals surface area contributed by atoms with Crippen LogP contribution in [0.1, 0.15) is 18.1 Å². The van der Waals surface area contributed by atoms with Crippen molar-refractivity contribution in [2.75, 3.05) is 30.1 Å². The largest absolute Gasteiger partial charge is 0.378 e. The van der Waals surface area contributed by atoms with E-state index in [0.29, 0.717) is 6.54 Å². The number of nitrogens with one attached hydrogen (secondary N) is 2. The van der Waals surface area contributed by atoms with Gasteiger partial charge >= 0.3 is 0 Å². The molecule has 0 saturated carbocycles. The van der Waals surface area contributed by atoms with Gasteiger partial charge in [0.2, 0.25) is 11.8 Å². The molecule has 2 amide bonds. The first-order valence-corrected chi connectivity index (χ1v) is 9.92. The summed E-state index contributed by atoms with van der Waals surface area (Å²) in [6, 6.07) is 15.7. The van der Waals surface area contributed by atoms with Crippen molar-refractivity contribution in [1.82, 2.24) is 5.32 Å². The van der Waals surface area contributed by atoms with Gasteiger partial charge in [-0.3, -0.25) is 9.59 Å². The third-order valence-corrected chi connectivity index (χ3v) is 5.23. The SMILES string of the molecule is Cc1ccc(NC(=O)CS[C@H](C)C(=O)NCc2ccc(N(C)C)cc2)cc1. The first-order valence-electron chi connectivity index (χ1n) is 8.87. The summed E-state index contributed by atoms with van der Waals surface area (Å²) in [5, 5.41) is 5.47. The van der Waals surface area contributed by atoms with Gasteiger partial charge in [0, 0.05) is 32.0 Å². The van der Waals surface area contributed by atoms with Crippen LogP contribution in [-0.4, -0.2) is 36.9 Å². The van der Waals surface area contributed by atoms with Crippen LogP contribution in [0.3, 0.4) is 0 Å². The normalized spacial score (nSPS) is 11.6. The maximum absolute atomic E-state index is 12.2. The number of aryl methyl sites for hydroxylation is 1. The number of carbonyl (C=O) groups excluding carboxylic acids is 2. The molecule has 2 aromatic carbocycles.